The molecule has 9 aromatic rings. The standard InChI is InChI=1S/C23H23FN4O3.C23H21FN4O3.C17H15FN2O3.C6H7ClN2.CH4O.B.Na.H/c2*1-2-15-10-25-14-27-22(15)31-19-4-5-20(17(9-19)13-29)16-7-8-28(12-16)23(30)21-6-3-18(24)11-26-21;18-13-1-4-16(19-8-13)17(23)20-6-5-11(9-20)15-3-2-14(22)7-12(15)10-21;1-2-5-3-8-4-9-6(5)7;1-2;;;/h3-6,9-11,14,16,29H,2,7-8,12-13H2,1H3;3-6,9-11,13-14,16H,2,7-8,12H2,1H3;1-4,7-8,10-11,22H,5-6,9H2;3-4H,2H2,1H3;2H,1H3;;;/q;;;;;;+1;-1. The number of carbonyl (C=O) groups is 5. The van der Waals surface area contributed by atoms with E-state index >= 15 is 0 Å². The third kappa shape index (κ3) is 20.6. The van der Waals surface area contributed by atoms with E-state index in [1.54, 1.807) is 51.5 Å². The van der Waals surface area contributed by atoms with Gasteiger partial charge in [-0.05, 0) is 134 Å². The van der Waals surface area contributed by atoms with Crippen LogP contribution in [0.1, 0.15) is 150 Å². The smallest absolute Gasteiger partial charge is 1.00 e. The van der Waals surface area contributed by atoms with Gasteiger partial charge >= 0.3 is 29.6 Å². The second-order valence-electron chi connectivity index (χ2n) is 22.0. The molecule has 3 aliphatic heterocycles. The van der Waals surface area contributed by atoms with Crippen LogP contribution in [0.5, 0.6) is 29.0 Å². The quantitative estimate of drug-likeness (QED) is 0.0474. The molecule has 503 valence electrons. The number of phenolic OH excluding ortho intramolecular Hbond substituents is 1. The number of hydrogen-bond donors (Lipinski definition) is 3. The van der Waals surface area contributed by atoms with E-state index in [1.165, 1.54) is 67.5 Å². The second-order valence-corrected chi connectivity index (χ2v) is 22.3. The van der Waals surface area contributed by atoms with Crippen LogP contribution in [0, 0.1) is 17.5 Å². The number of aryl methyl sites for hydroxylation is 3. The predicted octanol–water partition coefficient (Wildman–Crippen LogP) is 7.70. The molecule has 3 N–H and O–H groups in total. The zero-order chi connectivity index (χ0) is 68.7. The van der Waals surface area contributed by atoms with Gasteiger partial charge in [0.05, 0.1) is 25.2 Å². The molecule has 3 fully saturated rings. The Bertz CT molecular complexity index is 4130. The van der Waals surface area contributed by atoms with Crippen LogP contribution in [0.15, 0.2) is 147 Å². The van der Waals surface area contributed by atoms with Crippen molar-refractivity contribution in [3.05, 3.63) is 237 Å². The maximum absolute atomic E-state index is 13.1. The first-order valence-corrected chi connectivity index (χ1v) is 31.1. The Hall–Kier alpha value is -9.44. The number of likely N-dealkylation sites (tertiary alicyclic amines) is 3. The van der Waals surface area contributed by atoms with E-state index in [0.717, 1.165) is 109 Å². The fourth-order valence-electron chi connectivity index (χ4n) is 11.1. The predicted molar refractivity (Wildman–Crippen MR) is 354 cm³/mol. The molecule has 12 rings (SSSR count). The number of amides is 3. The van der Waals surface area contributed by atoms with Gasteiger partial charge in [-0.3, -0.25) is 24.0 Å². The topological polar surface area (TPSA) is 290 Å². The summed E-state index contributed by atoms with van der Waals surface area (Å²) in [5.41, 5.74) is 7.78. The Morgan fingerprint density at radius 1 is 0.520 bits per heavy atom. The van der Waals surface area contributed by atoms with Crippen LogP contribution in [0.4, 0.5) is 13.2 Å². The van der Waals surface area contributed by atoms with Gasteiger partial charge < -0.3 is 40.9 Å². The summed E-state index contributed by atoms with van der Waals surface area (Å²) >= 11 is 5.67. The van der Waals surface area contributed by atoms with Gasteiger partial charge in [-0.1, -0.05) is 50.6 Å². The number of rotatable bonds is 16. The molecular weight excluding hydrogens is 1300 g/mol. The third-order valence-electron chi connectivity index (χ3n) is 16.1. The molecule has 3 amide bonds. The van der Waals surface area contributed by atoms with E-state index in [2.05, 4.69) is 44.9 Å². The largest absolute Gasteiger partial charge is 1.00 e. The monoisotopic (exact) mass is 1370 g/mol. The number of benzene rings is 3. The van der Waals surface area contributed by atoms with Gasteiger partial charge in [0.1, 0.15) is 88.5 Å². The first-order chi connectivity index (χ1) is 46.6. The third-order valence-corrected chi connectivity index (χ3v) is 16.4. The van der Waals surface area contributed by atoms with Gasteiger partial charge in [-0.2, -0.15) is 0 Å². The van der Waals surface area contributed by atoms with Crippen molar-refractivity contribution in [2.45, 2.75) is 83.7 Å². The minimum atomic E-state index is -0.486. The molecule has 28 heteroatoms. The summed E-state index contributed by atoms with van der Waals surface area (Å²) < 4.78 is 50.8. The molecule has 0 saturated carbocycles. The van der Waals surface area contributed by atoms with Crippen molar-refractivity contribution in [3.63, 3.8) is 0 Å². The van der Waals surface area contributed by atoms with Crippen molar-refractivity contribution in [2.24, 2.45) is 0 Å². The Balaban J connectivity index is 0.000000247. The fraction of sp³-hybridized carbons (Fsp3) is 0.286. The Morgan fingerprint density at radius 2 is 0.898 bits per heavy atom. The van der Waals surface area contributed by atoms with Crippen LogP contribution in [0.3, 0.4) is 0 Å². The number of aromatic hydroxyl groups is 1. The first kappa shape index (κ1) is 77.6. The molecule has 3 aromatic carbocycles. The summed E-state index contributed by atoms with van der Waals surface area (Å²) in [4.78, 5) is 101. The number of hydrogen-bond acceptors (Lipinski definition) is 19. The van der Waals surface area contributed by atoms with Crippen molar-refractivity contribution >= 4 is 50.3 Å². The molecule has 0 spiro atoms. The molecule has 6 aromatic heterocycles. The average Bonchev–Trinajstić information content (AvgIpc) is 1.79. The summed E-state index contributed by atoms with van der Waals surface area (Å²) in [6.45, 7) is 8.97. The molecule has 98 heavy (non-hydrogen) atoms. The van der Waals surface area contributed by atoms with E-state index in [1.807, 2.05) is 45.0 Å². The van der Waals surface area contributed by atoms with Crippen LogP contribution >= 0.6 is 11.6 Å². The van der Waals surface area contributed by atoms with Crippen LogP contribution in [0.25, 0.3) is 0 Å². The van der Waals surface area contributed by atoms with E-state index in [4.69, 9.17) is 26.2 Å². The fourth-order valence-corrected chi connectivity index (χ4v) is 11.3. The average molecular weight is 1370 g/mol. The second kappa shape index (κ2) is 38.5. The summed E-state index contributed by atoms with van der Waals surface area (Å²) in [5.74, 6) is 0.0792. The number of ether oxygens (including phenoxy) is 2. The normalized spacial score (nSPS) is 15.0. The number of nitrogens with zero attached hydrogens (tertiary/aromatic N) is 12. The number of aliphatic hydroxyl groups excluding tert-OH is 2. The molecule has 0 bridgehead atoms. The van der Waals surface area contributed by atoms with Gasteiger partial charge in [0.25, 0.3) is 17.7 Å². The number of phenols is 1. The Morgan fingerprint density at radius 3 is 1.28 bits per heavy atom. The number of halogens is 4. The van der Waals surface area contributed by atoms with Gasteiger partial charge in [-0.15, -0.1) is 0 Å². The van der Waals surface area contributed by atoms with E-state index in [9.17, 15) is 47.4 Å². The summed E-state index contributed by atoms with van der Waals surface area (Å²) in [6.07, 6.45) is 18.7. The Labute approximate surface area is 595 Å². The van der Waals surface area contributed by atoms with E-state index < -0.39 is 17.5 Å². The minimum absolute atomic E-state index is 0. The van der Waals surface area contributed by atoms with Crippen LogP contribution < -0.4 is 39.0 Å². The van der Waals surface area contributed by atoms with E-state index in [-0.39, 0.29) is 104 Å². The number of aldehydes is 2. The molecule has 9 heterocycles. The number of aromatic nitrogens is 9. The number of aliphatic hydroxyl groups is 2. The minimum Gasteiger partial charge on any atom is -1.00 e. The Kier molecular flexibility index (Phi) is 30.5. The van der Waals surface area contributed by atoms with Gasteiger partial charge in [-0.25, -0.2) is 58.0 Å². The zero-order valence-electron chi connectivity index (χ0n) is 55.6. The maximum Gasteiger partial charge on any atom is 1.00 e. The molecule has 3 aliphatic rings. The SMILES string of the molecule is CCc1cncnc1Cl.CCc1cncnc1Oc1ccc(C2CCN(C(=O)c3ccc(F)cn3)C2)c(C=O)c1.CCc1cncnc1Oc1ccc(C2CCN(C(=O)c3ccc(F)cn3)C2)c(CO)c1.CO.O=Cc1cc(O)ccc1C1CCN(C(=O)c2ccc(F)cn2)C1.[B].[H-].[Na+]. The maximum atomic E-state index is 13.1. The van der Waals surface area contributed by atoms with Crippen molar-refractivity contribution in [1.82, 2.24) is 59.6 Å². The molecule has 3 unspecified atom stereocenters. The summed E-state index contributed by atoms with van der Waals surface area (Å²) in [6, 6.07) is 23.4. The summed E-state index contributed by atoms with van der Waals surface area (Å²) in [5, 5.41) is 27.0. The van der Waals surface area contributed by atoms with Crippen LogP contribution in [-0.2, 0) is 25.9 Å². The molecule has 3 saturated heterocycles. The van der Waals surface area contributed by atoms with Gasteiger partial charge in [0.15, 0.2) is 0 Å². The van der Waals surface area contributed by atoms with Crippen LogP contribution in [-0.4, -0.2) is 160 Å². The van der Waals surface area contributed by atoms with E-state index in [0.29, 0.717) is 85.1 Å². The van der Waals surface area contributed by atoms with Gasteiger partial charge in [0.2, 0.25) is 11.8 Å². The molecular formula is C70H71BClF3N12NaO10. The van der Waals surface area contributed by atoms with Crippen molar-refractivity contribution in [2.75, 3.05) is 46.4 Å². The number of carbonyl (C=O) groups excluding carboxylic acids is 5. The summed E-state index contributed by atoms with van der Waals surface area (Å²) in [7, 11) is 1.00. The number of pyridine rings is 3. The molecule has 22 nitrogen and oxygen atoms in total. The molecule has 3 radical (unpaired) electrons. The van der Waals surface area contributed by atoms with Crippen LogP contribution in [0.2, 0.25) is 5.15 Å². The van der Waals surface area contributed by atoms with Crippen molar-refractivity contribution in [3.8, 4) is 29.0 Å². The molecule has 0 aliphatic carbocycles. The van der Waals surface area contributed by atoms with Crippen molar-refractivity contribution < 1.29 is 92.9 Å². The zero-order valence-corrected chi connectivity index (χ0v) is 57.3. The van der Waals surface area contributed by atoms with Crippen molar-refractivity contribution in [1.29, 1.82) is 0 Å². The molecule has 3 atom stereocenters. The van der Waals surface area contributed by atoms with Gasteiger partial charge in [0, 0.05) is 119 Å². The first-order valence-electron chi connectivity index (χ1n) is 30.8.